The normalized spacial score (nSPS) is 20.2. The van der Waals surface area contributed by atoms with E-state index in [-0.39, 0.29) is 25.5 Å². The molecule has 0 unspecified atom stereocenters. The summed E-state index contributed by atoms with van der Waals surface area (Å²) in [6.45, 7) is 4.00. The highest BCUT2D eigenvalue weighted by atomic mass is 19.1. The molecule has 2 aliphatic rings. The van der Waals surface area contributed by atoms with Crippen LogP contribution in [0.15, 0.2) is 23.3 Å². The zero-order chi connectivity index (χ0) is 18.7. The molecule has 1 aromatic carbocycles. The van der Waals surface area contributed by atoms with Gasteiger partial charge in [0.05, 0.1) is 31.0 Å². The van der Waals surface area contributed by atoms with Gasteiger partial charge in [-0.3, -0.25) is 9.69 Å². The molecule has 2 aliphatic heterocycles. The number of hydrogen-bond donors (Lipinski definition) is 0. The Morgan fingerprint density at radius 2 is 2.19 bits per heavy atom. The van der Waals surface area contributed by atoms with E-state index in [4.69, 9.17) is 10.3 Å². The van der Waals surface area contributed by atoms with Gasteiger partial charge >= 0.3 is 6.09 Å². The molecule has 10 heteroatoms. The summed E-state index contributed by atoms with van der Waals surface area (Å²) in [5.74, 6) is -0.544. The molecule has 2 amide bonds. The highest BCUT2D eigenvalue weighted by Crippen LogP contribution is 2.28. The Bertz CT molecular complexity index is 766. The van der Waals surface area contributed by atoms with Crippen LogP contribution in [0.3, 0.4) is 0 Å². The summed E-state index contributed by atoms with van der Waals surface area (Å²) in [5, 5.41) is 3.39. The van der Waals surface area contributed by atoms with Crippen LogP contribution < -0.4 is 9.80 Å². The van der Waals surface area contributed by atoms with E-state index >= 15 is 0 Å². The second kappa shape index (κ2) is 7.49. The van der Waals surface area contributed by atoms with Gasteiger partial charge in [0.2, 0.25) is 5.91 Å². The number of benzene rings is 1. The molecular formula is C16H19FN6O3. The fraction of sp³-hybridized carbons (Fsp3) is 0.500. The first-order valence-electron chi connectivity index (χ1n) is 8.34. The van der Waals surface area contributed by atoms with Crippen LogP contribution in [0.2, 0.25) is 0 Å². The molecule has 3 rings (SSSR count). The number of anilines is 2. The quantitative estimate of drug-likeness (QED) is 0.455. The topological polar surface area (TPSA) is 102 Å². The summed E-state index contributed by atoms with van der Waals surface area (Å²) >= 11 is 0. The van der Waals surface area contributed by atoms with Crippen molar-refractivity contribution >= 4 is 23.4 Å². The first-order valence-corrected chi connectivity index (χ1v) is 8.34. The predicted molar refractivity (Wildman–Crippen MR) is 92.5 cm³/mol. The molecule has 1 aromatic rings. The molecule has 2 fully saturated rings. The Kier molecular flexibility index (Phi) is 5.13. The Morgan fingerprint density at radius 3 is 2.85 bits per heavy atom. The van der Waals surface area contributed by atoms with Crippen molar-refractivity contribution in [1.29, 1.82) is 0 Å². The lowest BCUT2D eigenvalue weighted by Crippen LogP contribution is -2.50. The second-order valence-corrected chi connectivity index (χ2v) is 6.06. The molecule has 0 spiro atoms. The fourth-order valence-electron chi connectivity index (χ4n) is 3.12. The van der Waals surface area contributed by atoms with Gasteiger partial charge in [-0.1, -0.05) is 5.11 Å². The highest BCUT2D eigenvalue weighted by molar-refractivity contribution is 5.90. The van der Waals surface area contributed by atoms with E-state index in [1.807, 2.05) is 6.92 Å². The summed E-state index contributed by atoms with van der Waals surface area (Å²) in [6.07, 6.45) is -1.16. The predicted octanol–water partition coefficient (Wildman–Crippen LogP) is 2.13. The summed E-state index contributed by atoms with van der Waals surface area (Å²) in [6, 6.07) is 4.43. The third kappa shape index (κ3) is 3.50. The number of rotatable bonds is 5. The number of carbonyl (C=O) groups is 2. The monoisotopic (exact) mass is 362 g/mol. The standard InChI is InChI=1S/C16H19FN6O3/c1-2-21-5-6-22(10-15(21)24)14-4-3-11(7-13(14)17)23-9-12(8-19-20-18)26-16(23)25/h3-4,7,12H,2,5-6,8-10H2,1H3/t12-/m0/s1. The number of likely N-dealkylation sites (N-methyl/N-ethyl adjacent to an activating group) is 1. The molecule has 2 saturated heterocycles. The zero-order valence-corrected chi connectivity index (χ0v) is 14.3. The fourth-order valence-corrected chi connectivity index (χ4v) is 3.12. The van der Waals surface area contributed by atoms with Gasteiger partial charge in [0.15, 0.2) is 0 Å². The van der Waals surface area contributed by atoms with Crippen molar-refractivity contribution in [3.63, 3.8) is 0 Å². The minimum absolute atomic E-state index is 0.0309. The van der Waals surface area contributed by atoms with E-state index in [1.54, 1.807) is 21.9 Å². The molecule has 0 aliphatic carbocycles. The van der Waals surface area contributed by atoms with E-state index in [2.05, 4.69) is 10.0 Å². The summed E-state index contributed by atoms with van der Waals surface area (Å²) in [4.78, 5) is 31.3. The maximum Gasteiger partial charge on any atom is 0.414 e. The molecule has 0 N–H and O–H groups in total. The van der Waals surface area contributed by atoms with Crippen molar-refractivity contribution in [1.82, 2.24) is 4.90 Å². The number of amides is 2. The van der Waals surface area contributed by atoms with Gasteiger partial charge in [-0.25, -0.2) is 9.18 Å². The number of nitrogens with zero attached hydrogens (tertiary/aromatic N) is 6. The van der Waals surface area contributed by atoms with Crippen LogP contribution in [-0.4, -0.2) is 62.3 Å². The van der Waals surface area contributed by atoms with Crippen LogP contribution in [0, 0.1) is 5.82 Å². The van der Waals surface area contributed by atoms with Crippen molar-refractivity contribution in [2.75, 3.05) is 49.1 Å². The van der Waals surface area contributed by atoms with Crippen LogP contribution in [0.5, 0.6) is 0 Å². The van der Waals surface area contributed by atoms with Gasteiger partial charge < -0.3 is 14.5 Å². The van der Waals surface area contributed by atoms with Crippen LogP contribution in [-0.2, 0) is 9.53 Å². The number of ether oxygens (including phenoxy) is 1. The van der Waals surface area contributed by atoms with E-state index in [9.17, 15) is 14.0 Å². The molecule has 0 radical (unpaired) electrons. The van der Waals surface area contributed by atoms with E-state index in [0.717, 1.165) is 0 Å². The lowest BCUT2D eigenvalue weighted by molar-refractivity contribution is -0.130. The SMILES string of the molecule is CCN1CCN(c2ccc(N3C[C@H](CN=[N+]=[N-])OC3=O)cc2F)CC1=O. The zero-order valence-electron chi connectivity index (χ0n) is 14.3. The average molecular weight is 362 g/mol. The third-order valence-corrected chi connectivity index (χ3v) is 4.51. The molecule has 0 saturated carbocycles. The van der Waals surface area contributed by atoms with Crippen molar-refractivity contribution in [2.45, 2.75) is 13.0 Å². The van der Waals surface area contributed by atoms with Crippen LogP contribution in [0.4, 0.5) is 20.6 Å². The van der Waals surface area contributed by atoms with Crippen molar-refractivity contribution < 1.29 is 18.7 Å². The summed E-state index contributed by atoms with van der Waals surface area (Å²) in [5.41, 5.74) is 9.03. The van der Waals surface area contributed by atoms with Gasteiger partial charge in [-0.05, 0) is 30.7 Å². The van der Waals surface area contributed by atoms with E-state index < -0.39 is 18.0 Å². The van der Waals surface area contributed by atoms with Gasteiger partial charge in [0.1, 0.15) is 11.9 Å². The lowest BCUT2D eigenvalue weighted by atomic mass is 10.2. The van der Waals surface area contributed by atoms with E-state index in [1.165, 1.54) is 11.0 Å². The molecule has 0 bridgehead atoms. The number of carbonyl (C=O) groups excluding carboxylic acids is 2. The third-order valence-electron chi connectivity index (χ3n) is 4.51. The number of cyclic esters (lactones) is 1. The maximum atomic E-state index is 14.6. The molecule has 0 aromatic heterocycles. The number of halogens is 1. The summed E-state index contributed by atoms with van der Waals surface area (Å²) < 4.78 is 19.7. The maximum absolute atomic E-state index is 14.6. The molecule has 26 heavy (non-hydrogen) atoms. The first-order chi connectivity index (χ1) is 12.5. The Hall–Kier alpha value is -3.00. The van der Waals surface area contributed by atoms with Crippen molar-refractivity contribution in [2.24, 2.45) is 5.11 Å². The Balaban J connectivity index is 1.73. The molecule has 138 valence electrons. The minimum atomic E-state index is -0.609. The van der Waals surface area contributed by atoms with Crippen molar-refractivity contribution in [3.8, 4) is 0 Å². The first kappa shape index (κ1) is 17.8. The highest BCUT2D eigenvalue weighted by Gasteiger charge is 2.32. The van der Waals surface area contributed by atoms with Crippen LogP contribution >= 0.6 is 0 Å². The summed E-state index contributed by atoms with van der Waals surface area (Å²) in [7, 11) is 0. The van der Waals surface area contributed by atoms with Crippen molar-refractivity contribution in [3.05, 3.63) is 34.5 Å². The van der Waals surface area contributed by atoms with Gasteiger partial charge in [0.25, 0.3) is 0 Å². The van der Waals surface area contributed by atoms with Crippen LogP contribution in [0.25, 0.3) is 10.4 Å². The average Bonchev–Trinajstić information content (AvgIpc) is 3.00. The Morgan fingerprint density at radius 1 is 1.38 bits per heavy atom. The molecule has 2 heterocycles. The van der Waals surface area contributed by atoms with Crippen LogP contribution in [0.1, 0.15) is 6.92 Å². The van der Waals surface area contributed by atoms with Gasteiger partial charge in [0, 0.05) is 24.5 Å². The smallest absolute Gasteiger partial charge is 0.414 e. The number of azide groups is 1. The van der Waals surface area contributed by atoms with E-state index in [0.29, 0.717) is 31.0 Å². The number of piperazine rings is 1. The van der Waals surface area contributed by atoms with Gasteiger partial charge in [-0.2, -0.15) is 0 Å². The number of hydrogen-bond acceptors (Lipinski definition) is 5. The lowest BCUT2D eigenvalue weighted by Gasteiger charge is -2.35. The van der Waals surface area contributed by atoms with Gasteiger partial charge in [-0.15, -0.1) is 0 Å². The minimum Gasteiger partial charge on any atom is -0.444 e. The largest absolute Gasteiger partial charge is 0.444 e. The second-order valence-electron chi connectivity index (χ2n) is 6.06. The molecular weight excluding hydrogens is 343 g/mol. The molecule has 9 nitrogen and oxygen atoms in total. The molecule has 1 atom stereocenters. The Labute approximate surface area is 149 Å².